The third-order valence-corrected chi connectivity index (χ3v) is 3.66. The van der Waals surface area contributed by atoms with Gasteiger partial charge in [0.05, 0.1) is 6.61 Å². The van der Waals surface area contributed by atoms with Gasteiger partial charge < -0.3 is 10.1 Å². The highest BCUT2D eigenvalue weighted by molar-refractivity contribution is 5.28. The van der Waals surface area contributed by atoms with Gasteiger partial charge in [0.2, 0.25) is 0 Å². The fraction of sp³-hybridized carbons (Fsp3) is 0.600. The van der Waals surface area contributed by atoms with Gasteiger partial charge in [-0.05, 0) is 43.7 Å². The fourth-order valence-corrected chi connectivity index (χ4v) is 2.48. The zero-order valence-electron chi connectivity index (χ0n) is 11.1. The van der Waals surface area contributed by atoms with Crippen LogP contribution in [0.4, 0.5) is 0 Å². The highest BCUT2D eigenvalue weighted by atomic mass is 16.5. The van der Waals surface area contributed by atoms with Crippen LogP contribution in [0.5, 0.6) is 0 Å². The Balaban J connectivity index is 1.99. The van der Waals surface area contributed by atoms with E-state index in [1.807, 2.05) is 0 Å². The first-order valence-electron chi connectivity index (χ1n) is 6.53. The molecule has 1 aliphatic rings. The first kappa shape index (κ1) is 12.6. The van der Waals surface area contributed by atoms with Gasteiger partial charge in [-0.25, -0.2) is 0 Å². The Morgan fingerprint density at radius 2 is 2.06 bits per heavy atom. The summed E-state index contributed by atoms with van der Waals surface area (Å²) in [5, 5.41) is 3.71. The molecule has 1 N–H and O–H groups in total. The van der Waals surface area contributed by atoms with Crippen LogP contribution in [-0.2, 0) is 4.74 Å². The SMILES string of the molecule is COCC(N[C@@H](C)c1ccccc1C)C1CC1. The van der Waals surface area contributed by atoms with E-state index >= 15 is 0 Å². The Bertz CT molecular complexity index is 360. The maximum Gasteiger partial charge on any atom is 0.0618 e. The van der Waals surface area contributed by atoms with Gasteiger partial charge in [0, 0.05) is 19.2 Å². The average molecular weight is 233 g/mol. The van der Waals surface area contributed by atoms with Crippen molar-refractivity contribution in [2.75, 3.05) is 13.7 Å². The van der Waals surface area contributed by atoms with Crippen LogP contribution in [0.2, 0.25) is 0 Å². The van der Waals surface area contributed by atoms with E-state index in [0.717, 1.165) is 12.5 Å². The molecule has 2 rings (SSSR count). The van der Waals surface area contributed by atoms with E-state index < -0.39 is 0 Å². The summed E-state index contributed by atoms with van der Waals surface area (Å²) in [7, 11) is 1.79. The van der Waals surface area contributed by atoms with Gasteiger partial charge in [0.1, 0.15) is 0 Å². The molecule has 1 aliphatic carbocycles. The van der Waals surface area contributed by atoms with Crippen LogP contribution in [0.3, 0.4) is 0 Å². The van der Waals surface area contributed by atoms with Crippen LogP contribution < -0.4 is 5.32 Å². The number of aryl methyl sites for hydroxylation is 1. The maximum atomic E-state index is 5.31. The first-order valence-corrected chi connectivity index (χ1v) is 6.53. The molecule has 17 heavy (non-hydrogen) atoms. The van der Waals surface area contributed by atoms with Gasteiger partial charge in [-0.15, -0.1) is 0 Å². The minimum absolute atomic E-state index is 0.400. The zero-order chi connectivity index (χ0) is 12.3. The average Bonchev–Trinajstić information content (AvgIpc) is 3.12. The molecular formula is C15H23NO. The summed E-state index contributed by atoms with van der Waals surface area (Å²) in [4.78, 5) is 0. The summed E-state index contributed by atoms with van der Waals surface area (Å²) in [6.45, 7) is 5.24. The van der Waals surface area contributed by atoms with Gasteiger partial charge in [0.25, 0.3) is 0 Å². The number of ether oxygens (including phenoxy) is 1. The molecular weight excluding hydrogens is 210 g/mol. The standard InChI is InChI=1S/C15H23NO/c1-11-6-4-5-7-14(11)12(2)16-15(10-17-3)13-8-9-13/h4-7,12-13,15-16H,8-10H2,1-3H3/t12-,15?/m0/s1. The molecule has 1 saturated carbocycles. The van der Waals surface area contributed by atoms with Gasteiger partial charge in [0.15, 0.2) is 0 Å². The predicted octanol–water partition coefficient (Wildman–Crippen LogP) is 3.07. The zero-order valence-corrected chi connectivity index (χ0v) is 11.1. The smallest absolute Gasteiger partial charge is 0.0618 e. The van der Waals surface area contributed by atoms with Crippen LogP contribution in [0.1, 0.15) is 36.9 Å². The summed E-state index contributed by atoms with van der Waals surface area (Å²) < 4.78 is 5.31. The monoisotopic (exact) mass is 233 g/mol. The molecule has 0 amide bonds. The molecule has 94 valence electrons. The predicted molar refractivity (Wildman–Crippen MR) is 71.1 cm³/mol. The van der Waals surface area contributed by atoms with Crippen molar-refractivity contribution in [3.05, 3.63) is 35.4 Å². The van der Waals surface area contributed by atoms with Crippen molar-refractivity contribution in [2.24, 2.45) is 5.92 Å². The molecule has 0 spiro atoms. The van der Waals surface area contributed by atoms with E-state index in [4.69, 9.17) is 4.74 Å². The summed E-state index contributed by atoms with van der Waals surface area (Å²) in [5.74, 6) is 0.821. The summed E-state index contributed by atoms with van der Waals surface area (Å²) in [6.07, 6.45) is 2.70. The maximum absolute atomic E-state index is 5.31. The molecule has 1 fully saturated rings. The van der Waals surface area contributed by atoms with E-state index in [0.29, 0.717) is 12.1 Å². The van der Waals surface area contributed by atoms with Gasteiger partial charge >= 0.3 is 0 Å². The van der Waals surface area contributed by atoms with Crippen molar-refractivity contribution in [3.8, 4) is 0 Å². The molecule has 2 atom stereocenters. The summed E-state index contributed by atoms with van der Waals surface area (Å²) >= 11 is 0. The quantitative estimate of drug-likeness (QED) is 0.815. The lowest BCUT2D eigenvalue weighted by Crippen LogP contribution is -2.37. The Hall–Kier alpha value is -0.860. The van der Waals surface area contributed by atoms with E-state index in [2.05, 4.69) is 43.4 Å². The lowest BCUT2D eigenvalue weighted by atomic mass is 10.0. The normalized spacial score (nSPS) is 19.0. The second-order valence-electron chi connectivity index (χ2n) is 5.14. The van der Waals surface area contributed by atoms with Crippen LogP contribution in [-0.4, -0.2) is 19.8 Å². The Morgan fingerprint density at radius 3 is 2.65 bits per heavy atom. The fourth-order valence-electron chi connectivity index (χ4n) is 2.48. The number of methoxy groups -OCH3 is 1. The molecule has 0 radical (unpaired) electrons. The largest absolute Gasteiger partial charge is 0.383 e. The molecule has 1 aromatic rings. The summed E-state index contributed by atoms with van der Waals surface area (Å²) in [5.41, 5.74) is 2.76. The minimum atomic E-state index is 0.400. The van der Waals surface area contributed by atoms with E-state index in [9.17, 15) is 0 Å². The Morgan fingerprint density at radius 1 is 1.35 bits per heavy atom. The number of rotatable bonds is 6. The summed E-state index contributed by atoms with van der Waals surface area (Å²) in [6, 6.07) is 9.51. The molecule has 1 aromatic carbocycles. The van der Waals surface area contributed by atoms with Gasteiger partial charge in [-0.2, -0.15) is 0 Å². The lowest BCUT2D eigenvalue weighted by molar-refractivity contribution is 0.152. The van der Waals surface area contributed by atoms with E-state index in [1.165, 1.54) is 24.0 Å². The van der Waals surface area contributed by atoms with Gasteiger partial charge in [-0.1, -0.05) is 24.3 Å². The molecule has 0 aromatic heterocycles. The van der Waals surface area contributed by atoms with Crippen molar-refractivity contribution in [2.45, 2.75) is 38.8 Å². The molecule has 0 bridgehead atoms. The van der Waals surface area contributed by atoms with Crippen LogP contribution in [0, 0.1) is 12.8 Å². The molecule has 0 saturated heterocycles. The van der Waals surface area contributed by atoms with Crippen molar-refractivity contribution < 1.29 is 4.74 Å². The lowest BCUT2D eigenvalue weighted by Gasteiger charge is -2.24. The van der Waals surface area contributed by atoms with Gasteiger partial charge in [-0.3, -0.25) is 0 Å². The minimum Gasteiger partial charge on any atom is -0.383 e. The Labute approximate surface area is 104 Å². The number of hydrogen-bond donors (Lipinski definition) is 1. The van der Waals surface area contributed by atoms with E-state index in [1.54, 1.807) is 7.11 Å². The molecule has 0 heterocycles. The number of benzene rings is 1. The molecule has 2 nitrogen and oxygen atoms in total. The third-order valence-electron chi connectivity index (χ3n) is 3.66. The second-order valence-corrected chi connectivity index (χ2v) is 5.14. The highest BCUT2D eigenvalue weighted by Gasteiger charge is 2.32. The first-order chi connectivity index (χ1) is 8.22. The molecule has 0 aliphatic heterocycles. The van der Waals surface area contributed by atoms with Crippen molar-refractivity contribution in [1.82, 2.24) is 5.32 Å². The Kier molecular flexibility index (Phi) is 4.19. The van der Waals surface area contributed by atoms with Crippen LogP contribution in [0.25, 0.3) is 0 Å². The van der Waals surface area contributed by atoms with Crippen molar-refractivity contribution in [1.29, 1.82) is 0 Å². The molecule has 2 heteroatoms. The van der Waals surface area contributed by atoms with Crippen molar-refractivity contribution in [3.63, 3.8) is 0 Å². The highest BCUT2D eigenvalue weighted by Crippen LogP contribution is 2.34. The topological polar surface area (TPSA) is 21.3 Å². The van der Waals surface area contributed by atoms with Crippen LogP contribution in [0.15, 0.2) is 24.3 Å². The van der Waals surface area contributed by atoms with Crippen LogP contribution >= 0.6 is 0 Å². The number of hydrogen-bond acceptors (Lipinski definition) is 2. The molecule has 1 unspecified atom stereocenters. The van der Waals surface area contributed by atoms with E-state index in [-0.39, 0.29) is 0 Å². The number of nitrogens with one attached hydrogen (secondary N) is 1. The second kappa shape index (κ2) is 5.65. The third kappa shape index (κ3) is 3.30. The van der Waals surface area contributed by atoms with Crippen molar-refractivity contribution >= 4 is 0 Å².